The second kappa shape index (κ2) is 5.59. The number of carbonyl (C=O) groups excluding carboxylic acids is 2. The van der Waals surface area contributed by atoms with Gasteiger partial charge in [0.1, 0.15) is 0 Å². The lowest BCUT2D eigenvalue weighted by molar-refractivity contribution is -0.121. The minimum absolute atomic E-state index is 0.0467. The lowest BCUT2D eigenvalue weighted by atomic mass is 10.1. The third kappa shape index (κ3) is 2.37. The van der Waals surface area contributed by atoms with Gasteiger partial charge in [-0.3, -0.25) is 9.59 Å². The molecule has 0 radical (unpaired) electrons. The van der Waals surface area contributed by atoms with Gasteiger partial charge in [-0.05, 0) is 36.4 Å². The Morgan fingerprint density at radius 3 is 2.28 bits per heavy atom. The second-order valence-electron chi connectivity index (χ2n) is 5.53. The molecule has 9 heteroatoms. The summed E-state index contributed by atoms with van der Waals surface area (Å²) in [5.74, 6) is -3.46. The number of imide groups is 1. The molecule has 0 unspecified atom stereocenters. The zero-order valence-corrected chi connectivity index (χ0v) is 13.2. The van der Waals surface area contributed by atoms with Crippen LogP contribution in [0.1, 0.15) is 0 Å². The predicted octanol–water partition coefficient (Wildman–Crippen LogP) is 3.12. The first-order valence-electron chi connectivity index (χ1n) is 7.26. The first-order valence-corrected chi connectivity index (χ1v) is 7.63. The molecule has 0 bridgehead atoms. The fraction of sp³-hybridized carbons (Fsp3) is 0.125. The van der Waals surface area contributed by atoms with Crippen molar-refractivity contribution in [2.45, 2.75) is 12.1 Å². The largest absolute Gasteiger partial charge is 0.271 e. The molecule has 25 heavy (non-hydrogen) atoms. The Morgan fingerprint density at radius 2 is 1.60 bits per heavy atom. The summed E-state index contributed by atoms with van der Waals surface area (Å²) in [6.45, 7) is 0. The number of hydrogen-bond acceptors (Lipinski definition) is 5. The van der Waals surface area contributed by atoms with Crippen molar-refractivity contribution in [3.63, 3.8) is 0 Å². The van der Waals surface area contributed by atoms with Crippen molar-refractivity contribution in [1.82, 2.24) is 0 Å². The summed E-state index contributed by atoms with van der Waals surface area (Å²) >= 11 is 5.84. The molecule has 1 fully saturated rings. The number of fused-ring (bicyclic) bond motifs is 1. The van der Waals surface area contributed by atoms with Gasteiger partial charge < -0.3 is 0 Å². The van der Waals surface area contributed by atoms with Gasteiger partial charge in [-0.25, -0.2) is 18.7 Å². The van der Waals surface area contributed by atoms with Gasteiger partial charge in [0, 0.05) is 11.1 Å². The van der Waals surface area contributed by atoms with Crippen LogP contribution in [0.15, 0.2) is 52.8 Å². The molecule has 0 aromatic heterocycles. The highest BCUT2D eigenvalue weighted by Crippen LogP contribution is 2.35. The van der Waals surface area contributed by atoms with Gasteiger partial charge in [0.15, 0.2) is 23.7 Å². The summed E-state index contributed by atoms with van der Waals surface area (Å²) in [7, 11) is 0. The molecule has 0 saturated carbocycles. The SMILES string of the molecule is O=C1[C@H]2N=NN(c3ccc(Cl)cc3)[C@H]2C(=O)N1c1ccc(F)c(F)c1. The van der Waals surface area contributed by atoms with E-state index < -0.39 is 35.5 Å². The van der Waals surface area contributed by atoms with Crippen molar-refractivity contribution in [2.75, 3.05) is 9.91 Å². The summed E-state index contributed by atoms with van der Waals surface area (Å²) in [4.78, 5) is 26.1. The van der Waals surface area contributed by atoms with E-state index in [1.807, 2.05) is 0 Å². The molecule has 0 aliphatic carbocycles. The van der Waals surface area contributed by atoms with E-state index in [0.717, 1.165) is 17.0 Å². The van der Waals surface area contributed by atoms with E-state index in [1.165, 1.54) is 11.1 Å². The van der Waals surface area contributed by atoms with Crippen molar-refractivity contribution in [2.24, 2.45) is 10.3 Å². The summed E-state index contributed by atoms with van der Waals surface area (Å²) in [6.07, 6.45) is 0. The Labute approximate surface area is 145 Å². The van der Waals surface area contributed by atoms with Gasteiger partial charge in [0.25, 0.3) is 11.8 Å². The lowest BCUT2D eigenvalue weighted by Gasteiger charge is -2.20. The van der Waals surface area contributed by atoms with Gasteiger partial charge >= 0.3 is 0 Å². The van der Waals surface area contributed by atoms with Gasteiger partial charge in [0.05, 0.1) is 11.4 Å². The van der Waals surface area contributed by atoms with Crippen molar-refractivity contribution in [1.29, 1.82) is 0 Å². The van der Waals surface area contributed by atoms with Gasteiger partial charge in [-0.1, -0.05) is 16.8 Å². The number of carbonyl (C=O) groups is 2. The van der Waals surface area contributed by atoms with Crippen LogP contribution in [0.25, 0.3) is 0 Å². The first kappa shape index (κ1) is 15.6. The number of amides is 2. The van der Waals surface area contributed by atoms with E-state index in [0.29, 0.717) is 10.7 Å². The van der Waals surface area contributed by atoms with E-state index in [4.69, 9.17) is 11.6 Å². The number of rotatable bonds is 2. The zero-order valence-electron chi connectivity index (χ0n) is 12.4. The fourth-order valence-electron chi connectivity index (χ4n) is 2.85. The van der Waals surface area contributed by atoms with Crippen LogP contribution in [-0.2, 0) is 9.59 Å². The van der Waals surface area contributed by atoms with Crippen LogP contribution in [0.5, 0.6) is 0 Å². The minimum atomic E-state index is -1.15. The van der Waals surface area contributed by atoms with Crippen LogP contribution in [0.3, 0.4) is 0 Å². The number of benzene rings is 2. The molecule has 6 nitrogen and oxygen atoms in total. The van der Waals surface area contributed by atoms with Crippen molar-refractivity contribution < 1.29 is 18.4 Å². The second-order valence-corrected chi connectivity index (χ2v) is 5.96. The highest BCUT2D eigenvalue weighted by Gasteiger charge is 2.55. The van der Waals surface area contributed by atoms with E-state index in [2.05, 4.69) is 10.3 Å². The number of nitrogens with zero attached hydrogens (tertiary/aromatic N) is 4. The van der Waals surface area contributed by atoms with E-state index in [1.54, 1.807) is 24.3 Å². The minimum Gasteiger partial charge on any atom is -0.271 e. The molecule has 0 N–H and O–H groups in total. The highest BCUT2D eigenvalue weighted by molar-refractivity contribution is 6.30. The summed E-state index contributed by atoms with van der Waals surface area (Å²) in [5.41, 5.74) is 0.489. The number of hydrogen-bond donors (Lipinski definition) is 0. The molecule has 2 aromatic carbocycles. The molecule has 2 amide bonds. The molecule has 2 aliphatic heterocycles. The van der Waals surface area contributed by atoms with Gasteiger partial charge in [-0.15, -0.1) is 0 Å². The average molecular weight is 363 g/mol. The summed E-state index contributed by atoms with van der Waals surface area (Å²) in [6, 6.07) is 7.34. The Morgan fingerprint density at radius 1 is 0.920 bits per heavy atom. The van der Waals surface area contributed by atoms with Crippen LogP contribution in [0.2, 0.25) is 5.02 Å². The quantitative estimate of drug-likeness (QED) is 0.771. The molecule has 2 aromatic rings. The van der Waals surface area contributed by atoms with Crippen LogP contribution >= 0.6 is 11.6 Å². The van der Waals surface area contributed by atoms with Gasteiger partial charge in [0.2, 0.25) is 0 Å². The molecular formula is C16H9ClF2N4O2. The van der Waals surface area contributed by atoms with E-state index in [9.17, 15) is 18.4 Å². The monoisotopic (exact) mass is 362 g/mol. The van der Waals surface area contributed by atoms with Crippen LogP contribution in [0, 0.1) is 11.6 Å². The van der Waals surface area contributed by atoms with Crippen LogP contribution < -0.4 is 9.91 Å². The Hall–Kier alpha value is -2.87. The predicted molar refractivity (Wildman–Crippen MR) is 85.2 cm³/mol. The number of anilines is 2. The molecular weight excluding hydrogens is 354 g/mol. The maximum atomic E-state index is 13.5. The van der Waals surface area contributed by atoms with Crippen molar-refractivity contribution in [3.8, 4) is 0 Å². The van der Waals surface area contributed by atoms with Crippen LogP contribution in [-0.4, -0.2) is 23.9 Å². The third-order valence-corrected chi connectivity index (χ3v) is 4.29. The third-order valence-electron chi connectivity index (χ3n) is 4.03. The first-order chi connectivity index (χ1) is 12.0. The fourth-order valence-corrected chi connectivity index (χ4v) is 2.97. The molecule has 2 aliphatic rings. The summed E-state index contributed by atoms with van der Waals surface area (Å²) in [5, 5.41) is 9.59. The lowest BCUT2D eigenvalue weighted by Crippen LogP contribution is -2.39. The molecule has 2 heterocycles. The molecule has 0 spiro atoms. The maximum absolute atomic E-state index is 13.5. The normalized spacial score (nSPS) is 22.0. The van der Waals surface area contributed by atoms with Crippen molar-refractivity contribution in [3.05, 3.63) is 59.1 Å². The highest BCUT2D eigenvalue weighted by atomic mass is 35.5. The average Bonchev–Trinajstić information content (AvgIpc) is 3.12. The van der Waals surface area contributed by atoms with E-state index in [-0.39, 0.29) is 5.69 Å². The maximum Gasteiger partial charge on any atom is 0.263 e. The zero-order chi connectivity index (χ0) is 17.7. The van der Waals surface area contributed by atoms with E-state index >= 15 is 0 Å². The molecule has 1 saturated heterocycles. The molecule has 2 atom stereocenters. The number of halogens is 3. The van der Waals surface area contributed by atoms with Crippen molar-refractivity contribution >= 4 is 34.8 Å². The van der Waals surface area contributed by atoms with Gasteiger partial charge in [-0.2, -0.15) is 5.11 Å². The Bertz CT molecular complexity index is 919. The standard InChI is InChI=1S/C16H9ClF2N4O2/c17-8-1-3-9(4-2-8)23-14-13(20-21-23)15(24)22(16(14)25)10-5-6-11(18)12(19)7-10/h1-7,13-14H/t13-,14+/m0/s1. The molecule has 126 valence electrons. The molecule has 4 rings (SSSR count). The van der Waals surface area contributed by atoms with Crippen LogP contribution in [0.4, 0.5) is 20.2 Å². The Kier molecular flexibility index (Phi) is 3.50. The topological polar surface area (TPSA) is 65.3 Å². The Balaban J connectivity index is 1.70. The summed E-state index contributed by atoms with van der Waals surface area (Å²) < 4.78 is 26.6. The smallest absolute Gasteiger partial charge is 0.263 e.